The van der Waals surface area contributed by atoms with E-state index in [0.717, 1.165) is 23.5 Å². The molecule has 0 aliphatic carbocycles. The fourth-order valence-corrected chi connectivity index (χ4v) is 2.90. The van der Waals surface area contributed by atoms with Crippen LogP contribution in [0.25, 0.3) is 10.2 Å². The summed E-state index contributed by atoms with van der Waals surface area (Å²) in [6.45, 7) is 1.42. The quantitative estimate of drug-likeness (QED) is 0.904. The zero-order valence-corrected chi connectivity index (χ0v) is 12.2. The van der Waals surface area contributed by atoms with Gasteiger partial charge in [0.05, 0.1) is 10.2 Å². The number of alkyl halides is 3. The Hall–Kier alpha value is -1.38. The van der Waals surface area contributed by atoms with Crippen molar-refractivity contribution >= 4 is 39.1 Å². The van der Waals surface area contributed by atoms with Crippen LogP contribution in [0.5, 0.6) is 0 Å². The first kappa shape index (κ1) is 16.0. The van der Waals surface area contributed by atoms with E-state index in [1.54, 1.807) is 0 Å². The number of hydrogen-bond acceptors (Lipinski definition) is 4. The van der Waals surface area contributed by atoms with Gasteiger partial charge in [0.15, 0.2) is 4.47 Å². The van der Waals surface area contributed by atoms with Crippen LogP contribution in [0, 0.1) is 0 Å². The number of nitrogens with zero attached hydrogens (tertiary/aromatic N) is 1. The molecule has 0 fully saturated rings. The molecule has 9 heteroatoms. The van der Waals surface area contributed by atoms with E-state index in [2.05, 4.69) is 4.98 Å². The molecule has 1 aromatic heterocycles. The summed E-state index contributed by atoms with van der Waals surface area (Å²) in [5.74, 6) is -1.52. The first-order valence-electron chi connectivity index (χ1n) is 5.84. The molecule has 0 aliphatic heterocycles. The van der Waals surface area contributed by atoms with Crippen LogP contribution in [0.2, 0.25) is 4.47 Å². The van der Waals surface area contributed by atoms with Crippen molar-refractivity contribution < 1.29 is 23.1 Å². The molecule has 0 saturated carbocycles. The molecular formula is C12H10ClF3N2O2S. The standard InChI is InChI=1S/C12H10ClF3N2O2S/c1-2-17-9(19)11(20,12(14,15)16)6-3-4-7-8(5-6)21-10(13)18-7/h3-5,20H,2H2,1H3,(H,17,19)/t11-/m0/s1. The van der Waals surface area contributed by atoms with Crippen molar-refractivity contribution in [2.24, 2.45) is 0 Å². The number of carbonyl (C=O) groups is 1. The van der Waals surface area contributed by atoms with Crippen molar-refractivity contribution in [2.45, 2.75) is 18.7 Å². The molecule has 0 bridgehead atoms. The summed E-state index contributed by atoms with van der Waals surface area (Å²) in [4.78, 5) is 15.6. The second-order valence-electron chi connectivity index (χ2n) is 4.22. The Morgan fingerprint density at radius 1 is 1.48 bits per heavy atom. The number of likely N-dealkylation sites (N-methyl/N-ethyl adjacent to an activating group) is 1. The van der Waals surface area contributed by atoms with E-state index in [1.807, 2.05) is 5.32 Å². The van der Waals surface area contributed by atoms with Crippen LogP contribution in [0.4, 0.5) is 13.2 Å². The highest BCUT2D eigenvalue weighted by atomic mass is 35.5. The molecule has 21 heavy (non-hydrogen) atoms. The van der Waals surface area contributed by atoms with E-state index >= 15 is 0 Å². The Morgan fingerprint density at radius 2 is 2.14 bits per heavy atom. The molecular weight excluding hydrogens is 329 g/mol. The zero-order chi connectivity index (χ0) is 15.8. The lowest BCUT2D eigenvalue weighted by Gasteiger charge is -2.29. The fourth-order valence-electron chi connectivity index (χ4n) is 1.83. The predicted octanol–water partition coefficient (Wildman–Crippen LogP) is 2.84. The molecule has 1 heterocycles. The summed E-state index contributed by atoms with van der Waals surface area (Å²) in [5.41, 5.74) is -3.80. The van der Waals surface area contributed by atoms with Gasteiger partial charge in [-0.15, -0.1) is 11.3 Å². The molecule has 2 N–H and O–H groups in total. The SMILES string of the molecule is CCNC(=O)[C@@](O)(c1ccc2nc(Cl)sc2c1)C(F)(F)F. The smallest absolute Gasteiger partial charge is 0.369 e. The average Bonchev–Trinajstić information content (AvgIpc) is 2.75. The van der Waals surface area contributed by atoms with Crippen molar-refractivity contribution in [1.29, 1.82) is 0 Å². The van der Waals surface area contributed by atoms with Crippen LogP contribution < -0.4 is 5.32 Å². The first-order valence-corrected chi connectivity index (χ1v) is 7.03. The Bertz CT molecular complexity index is 689. The number of fused-ring (bicyclic) bond motifs is 1. The van der Waals surface area contributed by atoms with Crippen molar-refractivity contribution in [1.82, 2.24) is 10.3 Å². The van der Waals surface area contributed by atoms with Crippen LogP contribution in [-0.2, 0) is 10.4 Å². The van der Waals surface area contributed by atoms with E-state index in [1.165, 1.54) is 13.0 Å². The molecule has 1 atom stereocenters. The number of nitrogens with one attached hydrogen (secondary N) is 1. The topological polar surface area (TPSA) is 62.2 Å². The zero-order valence-electron chi connectivity index (χ0n) is 10.7. The summed E-state index contributed by atoms with van der Waals surface area (Å²) >= 11 is 6.66. The molecule has 0 radical (unpaired) electrons. The maximum Gasteiger partial charge on any atom is 0.430 e. The lowest BCUT2D eigenvalue weighted by molar-refractivity contribution is -0.256. The highest BCUT2D eigenvalue weighted by Gasteiger charge is 2.60. The highest BCUT2D eigenvalue weighted by molar-refractivity contribution is 7.22. The molecule has 1 aromatic carbocycles. The van der Waals surface area contributed by atoms with Gasteiger partial charge >= 0.3 is 6.18 Å². The monoisotopic (exact) mass is 338 g/mol. The van der Waals surface area contributed by atoms with Gasteiger partial charge in [0, 0.05) is 12.1 Å². The van der Waals surface area contributed by atoms with Gasteiger partial charge in [-0.25, -0.2) is 4.98 Å². The number of thiazole rings is 1. The van der Waals surface area contributed by atoms with Crippen LogP contribution in [-0.4, -0.2) is 28.7 Å². The number of benzene rings is 1. The molecule has 4 nitrogen and oxygen atoms in total. The molecule has 1 amide bonds. The molecule has 0 spiro atoms. The summed E-state index contributed by atoms with van der Waals surface area (Å²) < 4.78 is 40.2. The van der Waals surface area contributed by atoms with Crippen molar-refractivity contribution in [3.8, 4) is 0 Å². The Kier molecular flexibility index (Phi) is 4.14. The average molecular weight is 339 g/mol. The van der Waals surface area contributed by atoms with Gasteiger partial charge < -0.3 is 10.4 Å². The van der Waals surface area contributed by atoms with Gasteiger partial charge in [0.2, 0.25) is 0 Å². The van der Waals surface area contributed by atoms with Crippen molar-refractivity contribution in [2.75, 3.05) is 6.54 Å². The molecule has 0 saturated heterocycles. The predicted molar refractivity (Wildman–Crippen MR) is 73.3 cm³/mol. The number of aliphatic hydroxyl groups is 1. The number of aromatic nitrogens is 1. The van der Waals surface area contributed by atoms with Crippen molar-refractivity contribution in [3.05, 3.63) is 28.2 Å². The first-order chi connectivity index (χ1) is 9.70. The second kappa shape index (κ2) is 5.43. The Morgan fingerprint density at radius 3 is 2.71 bits per heavy atom. The van der Waals surface area contributed by atoms with Crippen LogP contribution in [0.3, 0.4) is 0 Å². The number of hydrogen-bond donors (Lipinski definition) is 2. The minimum atomic E-state index is -5.16. The molecule has 114 valence electrons. The van der Waals surface area contributed by atoms with E-state index in [9.17, 15) is 23.1 Å². The number of rotatable bonds is 3. The van der Waals surface area contributed by atoms with Gasteiger partial charge in [-0.3, -0.25) is 4.79 Å². The number of halogens is 4. The van der Waals surface area contributed by atoms with E-state index in [4.69, 9.17) is 11.6 Å². The molecule has 0 aliphatic rings. The summed E-state index contributed by atoms with van der Waals surface area (Å²) in [7, 11) is 0. The van der Waals surface area contributed by atoms with E-state index < -0.39 is 23.2 Å². The lowest BCUT2D eigenvalue weighted by Crippen LogP contribution is -2.54. The van der Waals surface area contributed by atoms with Crippen LogP contribution in [0.1, 0.15) is 12.5 Å². The lowest BCUT2D eigenvalue weighted by atomic mass is 9.92. The van der Waals surface area contributed by atoms with Gasteiger partial charge in [0.1, 0.15) is 0 Å². The highest BCUT2D eigenvalue weighted by Crippen LogP contribution is 2.41. The van der Waals surface area contributed by atoms with Crippen molar-refractivity contribution in [3.63, 3.8) is 0 Å². The number of amides is 1. The van der Waals surface area contributed by atoms with Gasteiger partial charge in [-0.1, -0.05) is 17.7 Å². The third-order valence-electron chi connectivity index (χ3n) is 2.86. The summed E-state index contributed by atoms with van der Waals surface area (Å²) in [6.07, 6.45) is -5.16. The van der Waals surface area contributed by atoms with Gasteiger partial charge in [-0.05, 0) is 19.1 Å². The minimum absolute atomic E-state index is 0.0359. The summed E-state index contributed by atoms with van der Waals surface area (Å²) in [6, 6.07) is 3.37. The maximum absolute atomic E-state index is 13.2. The minimum Gasteiger partial charge on any atom is -0.369 e. The third-order valence-corrected chi connectivity index (χ3v) is 3.98. The normalized spacial score (nSPS) is 15.0. The van der Waals surface area contributed by atoms with E-state index in [0.29, 0.717) is 10.2 Å². The maximum atomic E-state index is 13.2. The molecule has 2 aromatic rings. The Balaban J connectivity index is 2.60. The largest absolute Gasteiger partial charge is 0.430 e. The van der Waals surface area contributed by atoms with E-state index in [-0.39, 0.29) is 11.0 Å². The molecule has 0 unspecified atom stereocenters. The summed E-state index contributed by atoms with van der Waals surface area (Å²) in [5, 5.41) is 12.0. The van der Waals surface area contributed by atoms with Gasteiger partial charge in [0.25, 0.3) is 11.5 Å². The molecule has 2 rings (SSSR count). The van der Waals surface area contributed by atoms with Crippen LogP contribution in [0.15, 0.2) is 18.2 Å². The third kappa shape index (κ3) is 2.70. The Labute approximate surface area is 126 Å². The van der Waals surface area contributed by atoms with Crippen LogP contribution >= 0.6 is 22.9 Å². The second-order valence-corrected chi connectivity index (χ2v) is 5.83. The van der Waals surface area contributed by atoms with Gasteiger partial charge in [-0.2, -0.15) is 13.2 Å². The fraction of sp³-hybridized carbons (Fsp3) is 0.333. The number of carbonyl (C=O) groups excluding carboxylic acids is 1.